The largest absolute Gasteiger partial charge is 0.389 e. The number of rotatable bonds is 5. The summed E-state index contributed by atoms with van der Waals surface area (Å²) in [5, 5.41) is 12.5. The summed E-state index contributed by atoms with van der Waals surface area (Å²) >= 11 is 0. The van der Waals surface area contributed by atoms with Gasteiger partial charge in [-0.25, -0.2) is 0 Å². The van der Waals surface area contributed by atoms with Crippen LogP contribution in [0.2, 0.25) is 0 Å². The predicted molar refractivity (Wildman–Crippen MR) is 81.5 cm³/mol. The lowest BCUT2D eigenvalue weighted by Gasteiger charge is -2.21. The summed E-state index contributed by atoms with van der Waals surface area (Å²) in [6.45, 7) is 1.73. The SMILES string of the molecule is CC(O)c1cccc(NC(=O)CCC2CCCCC2)c1. The number of carbonyl (C=O) groups excluding carboxylic acids is 1. The number of benzene rings is 1. The molecular formula is C17H25NO2. The van der Waals surface area contributed by atoms with Crippen molar-refractivity contribution in [1.82, 2.24) is 0 Å². The van der Waals surface area contributed by atoms with Crippen LogP contribution in [0.15, 0.2) is 24.3 Å². The van der Waals surface area contributed by atoms with Gasteiger partial charge in [0.05, 0.1) is 6.10 Å². The Bertz CT molecular complexity index is 436. The van der Waals surface area contributed by atoms with Gasteiger partial charge in [-0.2, -0.15) is 0 Å². The molecule has 0 heterocycles. The third kappa shape index (κ3) is 4.64. The van der Waals surface area contributed by atoms with Gasteiger partial charge in [0.15, 0.2) is 0 Å². The van der Waals surface area contributed by atoms with E-state index in [1.54, 1.807) is 6.92 Å². The highest BCUT2D eigenvalue weighted by Crippen LogP contribution is 2.27. The van der Waals surface area contributed by atoms with Gasteiger partial charge in [-0.1, -0.05) is 44.2 Å². The molecule has 2 N–H and O–H groups in total. The Morgan fingerprint density at radius 2 is 2.10 bits per heavy atom. The van der Waals surface area contributed by atoms with E-state index in [1.165, 1.54) is 32.1 Å². The van der Waals surface area contributed by atoms with E-state index in [-0.39, 0.29) is 5.91 Å². The molecule has 0 radical (unpaired) electrons. The zero-order chi connectivity index (χ0) is 14.4. The first kappa shape index (κ1) is 15.0. The van der Waals surface area contributed by atoms with Crippen LogP contribution >= 0.6 is 0 Å². The molecular weight excluding hydrogens is 250 g/mol. The minimum Gasteiger partial charge on any atom is -0.389 e. The lowest BCUT2D eigenvalue weighted by Crippen LogP contribution is -2.15. The van der Waals surface area contributed by atoms with Crippen LogP contribution in [0.1, 0.15) is 63.5 Å². The number of carbonyl (C=O) groups is 1. The summed E-state index contributed by atoms with van der Waals surface area (Å²) in [7, 11) is 0. The van der Waals surface area contributed by atoms with E-state index < -0.39 is 6.10 Å². The van der Waals surface area contributed by atoms with Gasteiger partial charge >= 0.3 is 0 Å². The molecule has 1 aliphatic carbocycles. The van der Waals surface area contributed by atoms with E-state index in [0.717, 1.165) is 23.6 Å². The van der Waals surface area contributed by atoms with Gasteiger partial charge in [0.1, 0.15) is 0 Å². The zero-order valence-electron chi connectivity index (χ0n) is 12.3. The van der Waals surface area contributed by atoms with E-state index >= 15 is 0 Å². The van der Waals surface area contributed by atoms with Crippen molar-refractivity contribution in [1.29, 1.82) is 0 Å². The highest BCUT2D eigenvalue weighted by Gasteiger charge is 2.15. The Morgan fingerprint density at radius 1 is 1.35 bits per heavy atom. The monoisotopic (exact) mass is 275 g/mol. The second-order valence-electron chi connectivity index (χ2n) is 5.89. The lowest BCUT2D eigenvalue weighted by molar-refractivity contribution is -0.116. The molecule has 3 nitrogen and oxygen atoms in total. The van der Waals surface area contributed by atoms with E-state index in [4.69, 9.17) is 0 Å². The fraction of sp³-hybridized carbons (Fsp3) is 0.588. The van der Waals surface area contributed by atoms with Crippen molar-refractivity contribution in [2.24, 2.45) is 5.92 Å². The van der Waals surface area contributed by atoms with Gasteiger partial charge in [0, 0.05) is 12.1 Å². The molecule has 1 saturated carbocycles. The van der Waals surface area contributed by atoms with Crippen LogP contribution in [0.5, 0.6) is 0 Å². The minimum absolute atomic E-state index is 0.0818. The molecule has 1 amide bonds. The molecule has 1 unspecified atom stereocenters. The molecule has 1 aromatic rings. The average molecular weight is 275 g/mol. The lowest BCUT2D eigenvalue weighted by atomic mass is 9.86. The number of amides is 1. The highest BCUT2D eigenvalue weighted by atomic mass is 16.3. The topological polar surface area (TPSA) is 49.3 Å². The first-order chi connectivity index (χ1) is 9.65. The second kappa shape index (κ2) is 7.44. The summed E-state index contributed by atoms with van der Waals surface area (Å²) in [6.07, 6.45) is 7.66. The van der Waals surface area contributed by atoms with E-state index in [9.17, 15) is 9.90 Å². The van der Waals surface area contributed by atoms with Crippen molar-refractivity contribution < 1.29 is 9.90 Å². The van der Waals surface area contributed by atoms with E-state index in [1.807, 2.05) is 24.3 Å². The number of hydrogen-bond acceptors (Lipinski definition) is 2. The molecule has 3 heteroatoms. The van der Waals surface area contributed by atoms with Crippen LogP contribution in [0, 0.1) is 5.92 Å². The molecule has 1 atom stereocenters. The van der Waals surface area contributed by atoms with Crippen LogP contribution in [0.25, 0.3) is 0 Å². The Balaban J connectivity index is 1.80. The third-order valence-electron chi connectivity index (χ3n) is 4.16. The maximum atomic E-state index is 12.0. The van der Waals surface area contributed by atoms with E-state index in [0.29, 0.717) is 6.42 Å². The molecule has 0 spiro atoms. The molecule has 1 aromatic carbocycles. The summed E-state index contributed by atoms with van der Waals surface area (Å²) in [6, 6.07) is 7.43. The number of hydrogen-bond donors (Lipinski definition) is 2. The van der Waals surface area contributed by atoms with Crippen molar-refractivity contribution in [3.8, 4) is 0 Å². The molecule has 0 aromatic heterocycles. The van der Waals surface area contributed by atoms with Gasteiger partial charge in [0.25, 0.3) is 0 Å². The summed E-state index contributed by atoms with van der Waals surface area (Å²) < 4.78 is 0. The molecule has 1 aliphatic rings. The van der Waals surface area contributed by atoms with Gasteiger partial charge in [0.2, 0.25) is 5.91 Å². The molecule has 0 saturated heterocycles. The molecule has 0 aliphatic heterocycles. The van der Waals surface area contributed by atoms with Gasteiger partial charge in [-0.05, 0) is 37.0 Å². The highest BCUT2D eigenvalue weighted by molar-refractivity contribution is 5.90. The van der Waals surface area contributed by atoms with Crippen molar-refractivity contribution in [2.45, 2.75) is 58.0 Å². The van der Waals surface area contributed by atoms with Crippen molar-refractivity contribution in [3.63, 3.8) is 0 Å². The van der Waals surface area contributed by atoms with Crippen LogP contribution < -0.4 is 5.32 Å². The minimum atomic E-state index is -0.505. The van der Waals surface area contributed by atoms with Crippen molar-refractivity contribution in [2.75, 3.05) is 5.32 Å². The zero-order valence-corrected chi connectivity index (χ0v) is 12.3. The second-order valence-corrected chi connectivity index (χ2v) is 5.89. The number of anilines is 1. The first-order valence-electron chi connectivity index (χ1n) is 7.73. The number of aliphatic hydroxyl groups is 1. The summed E-state index contributed by atoms with van der Waals surface area (Å²) in [4.78, 5) is 12.0. The third-order valence-corrected chi connectivity index (χ3v) is 4.16. The van der Waals surface area contributed by atoms with Crippen LogP contribution in [-0.2, 0) is 4.79 Å². The van der Waals surface area contributed by atoms with Gasteiger partial charge in [-0.3, -0.25) is 4.79 Å². The van der Waals surface area contributed by atoms with Crippen molar-refractivity contribution in [3.05, 3.63) is 29.8 Å². The smallest absolute Gasteiger partial charge is 0.224 e. The predicted octanol–water partition coefficient (Wildman–Crippen LogP) is 4.04. The molecule has 20 heavy (non-hydrogen) atoms. The Hall–Kier alpha value is -1.35. The van der Waals surface area contributed by atoms with Gasteiger partial charge in [-0.15, -0.1) is 0 Å². The quantitative estimate of drug-likeness (QED) is 0.852. The Morgan fingerprint density at radius 3 is 2.80 bits per heavy atom. The normalized spacial score (nSPS) is 17.7. The molecule has 110 valence electrons. The standard InChI is InChI=1S/C17H25NO2/c1-13(19)15-8-5-9-16(12-15)18-17(20)11-10-14-6-3-2-4-7-14/h5,8-9,12-14,19H,2-4,6-7,10-11H2,1H3,(H,18,20). The molecule has 1 fully saturated rings. The molecule has 2 rings (SSSR count). The van der Waals surface area contributed by atoms with Crippen LogP contribution in [-0.4, -0.2) is 11.0 Å². The first-order valence-corrected chi connectivity index (χ1v) is 7.73. The average Bonchev–Trinajstić information content (AvgIpc) is 2.46. The number of nitrogens with one attached hydrogen (secondary N) is 1. The molecule has 0 bridgehead atoms. The van der Waals surface area contributed by atoms with Crippen LogP contribution in [0.3, 0.4) is 0 Å². The number of aliphatic hydroxyl groups excluding tert-OH is 1. The van der Waals surface area contributed by atoms with Crippen LogP contribution in [0.4, 0.5) is 5.69 Å². The summed E-state index contributed by atoms with van der Waals surface area (Å²) in [5.74, 6) is 0.816. The van der Waals surface area contributed by atoms with Gasteiger partial charge < -0.3 is 10.4 Å². The maximum absolute atomic E-state index is 12.0. The fourth-order valence-electron chi connectivity index (χ4n) is 2.91. The Kier molecular flexibility index (Phi) is 5.60. The van der Waals surface area contributed by atoms with Crippen molar-refractivity contribution >= 4 is 11.6 Å². The maximum Gasteiger partial charge on any atom is 0.224 e. The van der Waals surface area contributed by atoms with E-state index in [2.05, 4.69) is 5.32 Å². The summed E-state index contributed by atoms with van der Waals surface area (Å²) in [5.41, 5.74) is 1.60. The Labute approximate surface area is 121 Å². The fourth-order valence-corrected chi connectivity index (χ4v) is 2.91.